The van der Waals surface area contributed by atoms with Gasteiger partial charge in [-0.1, -0.05) is 0 Å². The molecule has 0 saturated heterocycles. The van der Waals surface area contributed by atoms with Crippen LogP contribution in [0, 0.1) is 17.5 Å². The summed E-state index contributed by atoms with van der Waals surface area (Å²) in [4.78, 5) is 0.767. The summed E-state index contributed by atoms with van der Waals surface area (Å²) in [6.07, 6.45) is 0. The lowest BCUT2D eigenvalue weighted by atomic mass is 10.3. The summed E-state index contributed by atoms with van der Waals surface area (Å²) in [5.41, 5.74) is -0.641. The third-order valence-corrected chi connectivity index (χ3v) is 5.45. The highest BCUT2D eigenvalue weighted by Crippen LogP contribution is 2.26. The minimum absolute atomic E-state index is 0.0446. The topological polar surface area (TPSA) is 58.2 Å². The Bertz CT molecular complexity index is 760. The zero-order valence-electron chi connectivity index (χ0n) is 10.8. The van der Waals surface area contributed by atoms with Gasteiger partial charge < -0.3 is 5.32 Å². The molecule has 0 saturated carbocycles. The van der Waals surface area contributed by atoms with E-state index in [0.29, 0.717) is 12.6 Å². The van der Waals surface area contributed by atoms with Crippen molar-refractivity contribution < 1.29 is 21.6 Å². The van der Waals surface area contributed by atoms with Crippen molar-refractivity contribution in [2.45, 2.75) is 10.8 Å². The molecule has 2 N–H and O–H groups in total. The lowest BCUT2D eigenvalue weighted by Gasteiger charge is -2.07. The van der Waals surface area contributed by atoms with Crippen LogP contribution in [-0.4, -0.2) is 15.5 Å². The highest BCUT2D eigenvalue weighted by molar-refractivity contribution is 7.94. The summed E-state index contributed by atoms with van der Waals surface area (Å²) in [6, 6.07) is 3.72. The van der Waals surface area contributed by atoms with E-state index in [1.54, 1.807) is 13.1 Å². The van der Waals surface area contributed by atoms with E-state index in [1.165, 1.54) is 6.07 Å². The van der Waals surface area contributed by atoms with Crippen LogP contribution in [0.25, 0.3) is 0 Å². The fraction of sp³-hybridized carbons (Fsp3) is 0.167. The van der Waals surface area contributed by atoms with E-state index in [-0.39, 0.29) is 10.3 Å². The number of anilines is 1. The predicted octanol–water partition coefficient (Wildman–Crippen LogP) is 2.69. The first kappa shape index (κ1) is 15.8. The van der Waals surface area contributed by atoms with Crippen LogP contribution in [0.2, 0.25) is 0 Å². The quantitative estimate of drug-likeness (QED) is 0.826. The average Bonchev–Trinajstić information content (AvgIpc) is 2.86. The summed E-state index contributed by atoms with van der Waals surface area (Å²) >= 11 is 0.994. The minimum atomic E-state index is -4.05. The van der Waals surface area contributed by atoms with Crippen LogP contribution in [0.5, 0.6) is 0 Å². The molecule has 0 amide bonds. The van der Waals surface area contributed by atoms with Crippen molar-refractivity contribution in [3.8, 4) is 0 Å². The summed E-state index contributed by atoms with van der Waals surface area (Å²) in [5.74, 6) is -3.91. The van der Waals surface area contributed by atoms with Gasteiger partial charge in [0.05, 0.1) is 5.69 Å². The molecule has 0 aliphatic rings. The summed E-state index contributed by atoms with van der Waals surface area (Å²) < 4.78 is 65.3. The molecule has 0 atom stereocenters. The molecule has 0 bridgehead atoms. The number of hydrogen-bond acceptors (Lipinski definition) is 4. The number of hydrogen-bond donors (Lipinski definition) is 2. The van der Waals surface area contributed by atoms with Crippen molar-refractivity contribution in [2.75, 3.05) is 11.8 Å². The fourth-order valence-electron chi connectivity index (χ4n) is 1.57. The van der Waals surface area contributed by atoms with Gasteiger partial charge in [0, 0.05) is 23.6 Å². The molecule has 1 aromatic carbocycles. The average molecular weight is 336 g/mol. The first-order valence-electron chi connectivity index (χ1n) is 5.74. The van der Waals surface area contributed by atoms with E-state index in [2.05, 4.69) is 5.32 Å². The van der Waals surface area contributed by atoms with Crippen LogP contribution in [-0.2, 0) is 16.6 Å². The van der Waals surface area contributed by atoms with E-state index in [1.807, 2.05) is 4.72 Å². The van der Waals surface area contributed by atoms with Gasteiger partial charge in [-0.2, -0.15) is 0 Å². The van der Waals surface area contributed by atoms with Crippen molar-refractivity contribution in [3.05, 3.63) is 46.6 Å². The third-order valence-electron chi connectivity index (χ3n) is 2.51. The van der Waals surface area contributed by atoms with Gasteiger partial charge in [-0.3, -0.25) is 4.72 Å². The second kappa shape index (κ2) is 6.04. The van der Waals surface area contributed by atoms with Gasteiger partial charge in [-0.25, -0.2) is 21.6 Å². The molecular weight excluding hydrogens is 325 g/mol. The van der Waals surface area contributed by atoms with Crippen LogP contribution in [0.15, 0.2) is 28.5 Å². The first-order valence-corrected chi connectivity index (χ1v) is 8.04. The van der Waals surface area contributed by atoms with Crippen LogP contribution < -0.4 is 10.0 Å². The zero-order chi connectivity index (χ0) is 15.6. The Labute approximate surface area is 123 Å². The lowest BCUT2D eigenvalue weighted by molar-refractivity contribution is 0.496. The fourth-order valence-corrected chi connectivity index (χ4v) is 3.99. The van der Waals surface area contributed by atoms with Gasteiger partial charge in [0.1, 0.15) is 10.0 Å². The Morgan fingerprint density at radius 3 is 2.43 bits per heavy atom. The molecule has 4 nitrogen and oxygen atoms in total. The maximum Gasteiger partial charge on any atom is 0.271 e. The van der Waals surface area contributed by atoms with Gasteiger partial charge >= 0.3 is 0 Å². The zero-order valence-corrected chi connectivity index (χ0v) is 12.4. The summed E-state index contributed by atoms with van der Waals surface area (Å²) in [5, 5.41) is 2.87. The second-order valence-electron chi connectivity index (χ2n) is 4.10. The normalized spacial score (nSPS) is 11.6. The minimum Gasteiger partial charge on any atom is -0.315 e. The van der Waals surface area contributed by atoms with Gasteiger partial charge in [0.15, 0.2) is 11.6 Å². The molecule has 0 unspecified atom stereocenters. The monoisotopic (exact) mass is 336 g/mol. The molecule has 0 aliphatic heterocycles. The number of halogens is 3. The van der Waals surface area contributed by atoms with Crippen LogP contribution in [0.4, 0.5) is 18.9 Å². The number of sulfonamides is 1. The highest BCUT2D eigenvalue weighted by atomic mass is 32.2. The molecule has 0 radical (unpaired) electrons. The van der Waals surface area contributed by atoms with Crippen molar-refractivity contribution in [1.29, 1.82) is 0 Å². The number of thiophene rings is 1. The Kier molecular flexibility index (Phi) is 4.55. The van der Waals surface area contributed by atoms with Gasteiger partial charge in [0.2, 0.25) is 0 Å². The van der Waals surface area contributed by atoms with Gasteiger partial charge in [-0.05, 0) is 19.2 Å². The standard InChI is InChI=1S/C12H11F3N2O2S2/c1-16-6-7-2-3-12(20-7)21(18,19)17-11-5-9(14)8(13)4-10(11)15/h2-5,16-17H,6H2,1H3. The molecule has 1 aromatic heterocycles. The Morgan fingerprint density at radius 1 is 1.10 bits per heavy atom. The lowest BCUT2D eigenvalue weighted by Crippen LogP contribution is -2.13. The van der Waals surface area contributed by atoms with Crippen LogP contribution in [0.3, 0.4) is 0 Å². The van der Waals surface area contributed by atoms with Gasteiger partial charge in [-0.15, -0.1) is 11.3 Å². The van der Waals surface area contributed by atoms with E-state index < -0.39 is 33.2 Å². The Morgan fingerprint density at radius 2 is 1.76 bits per heavy atom. The summed E-state index contributed by atoms with van der Waals surface area (Å²) in [6.45, 7) is 0.486. The molecule has 1 heterocycles. The first-order chi connectivity index (χ1) is 9.83. The van der Waals surface area contributed by atoms with Crippen LogP contribution in [0.1, 0.15) is 4.88 Å². The smallest absolute Gasteiger partial charge is 0.271 e. The molecule has 21 heavy (non-hydrogen) atoms. The van der Waals surface area contributed by atoms with Crippen molar-refractivity contribution in [1.82, 2.24) is 5.32 Å². The second-order valence-corrected chi connectivity index (χ2v) is 7.18. The third kappa shape index (κ3) is 3.55. The molecular formula is C12H11F3N2O2S2. The van der Waals surface area contributed by atoms with Crippen molar-refractivity contribution in [3.63, 3.8) is 0 Å². The largest absolute Gasteiger partial charge is 0.315 e. The predicted molar refractivity (Wildman–Crippen MR) is 74.2 cm³/mol. The molecule has 0 aliphatic carbocycles. The maximum atomic E-state index is 13.5. The molecule has 0 spiro atoms. The number of benzene rings is 1. The van der Waals surface area contributed by atoms with E-state index in [4.69, 9.17) is 0 Å². The Balaban J connectivity index is 2.30. The number of nitrogens with one attached hydrogen (secondary N) is 2. The van der Waals surface area contributed by atoms with Crippen molar-refractivity contribution >= 4 is 27.0 Å². The molecule has 0 fully saturated rings. The van der Waals surface area contributed by atoms with Crippen molar-refractivity contribution in [2.24, 2.45) is 0 Å². The summed E-state index contributed by atoms with van der Waals surface area (Å²) in [7, 11) is -2.34. The maximum absolute atomic E-state index is 13.5. The molecule has 9 heteroatoms. The van der Waals surface area contributed by atoms with E-state index in [0.717, 1.165) is 16.2 Å². The highest BCUT2D eigenvalue weighted by Gasteiger charge is 2.20. The van der Waals surface area contributed by atoms with Gasteiger partial charge in [0.25, 0.3) is 10.0 Å². The molecule has 114 valence electrons. The SMILES string of the molecule is CNCc1ccc(S(=O)(=O)Nc2cc(F)c(F)cc2F)s1. The molecule has 2 aromatic rings. The van der Waals surface area contributed by atoms with E-state index >= 15 is 0 Å². The van der Waals surface area contributed by atoms with Crippen LogP contribution >= 0.6 is 11.3 Å². The molecule has 2 rings (SSSR count). The number of rotatable bonds is 5. The Hall–Kier alpha value is -1.58. The van der Waals surface area contributed by atoms with E-state index in [9.17, 15) is 21.6 Å².